The van der Waals surface area contributed by atoms with E-state index in [2.05, 4.69) is 12.2 Å². The second-order valence-corrected chi connectivity index (χ2v) is 6.64. The van der Waals surface area contributed by atoms with E-state index in [0.717, 1.165) is 13.0 Å². The van der Waals surface area contributed by atoms with Crippen LogP contribution < -0.4 is 11.1 Å². The monoisotopic (exact) mass is 240 g/mol. The van der Waals surface area contributed by atoms with Gasteiger partial charge in [0.1, 0.15) is 0 Å². The quantitative estimate of drug-likeness (QED) is 0.776. The molecular formula is C14H28N2O. The van der Waals surface area contributed by atoms with Crippen LogP contribution in [0.5, 0.6) is 0 Å². The molecule has 0 radical (unpaired) electrons. The average molecular weight is 240 g/mol. The lowest BCUT2D eigenvalue weighted by Gasteiger charge is -2.33. The van der Waals surface area contributed by atoms with Crippen molar-refractivity contribution in [1.82, 2.24) is 5.32 Å². The van der Waals surface area contributed by atoms with Crippen molar-refractivity contribution in [3.63, 3.8) is 0 Å². The fourth-order valence-corrected chi connectivity index (χ4v) is 2.42. The smallest absolute Gasteiger partial charge is 0.220 e. The molecular weight excluding hydrogens is 212 g/mol. The van der Waals surface area contributed by atoms with Crippen LogP contribution in [0.1, 0.15) is 65.7 Å². The average Bonchev–Trinajstić information content (AvgIpc) is 2.24. The normalized spacial score (nSPS) is 20.0. The zero-order valence-corrected chi connectivity index (χ0v) is 11.6. The van der Waals surface area contributed by atoms with Crippen molar-refractivity contribution in [1.29, 1.82) is 0 Å². The molecule has 0 aliphatic heterocycles. The first-order chi connectivity index (χ1) is 7.81. The fraction of sp³-hybridized carbons (Fsp3) is 0.929. The van der Waals surface area contributed by atoms with E-state index in [4.69, 9.17) is 5.73 Å². The van der Waals surface area contributed by atoms with E-state index >= 15 is 0 Å². The van der Waals surface area contributed by atoms with Gasteiger partial charge in [-0.15, -0.1) is 0 Å². The number of nitrogens with two attached hydrogens (primary N) is 1. The highest BCUT2D eigenvalue weighted by Crippen LogP contribution is 2.34. The molecule has 0 spiro atoms. The second kappa shape index (κ2) is 5.85. The molecule has 0 aromatic carbocycles. The minimum absolute atomic E-state index is 0.148. The van der Waals surface area contributed by atoms with E-state index in [1.165, 1.54) is 32.1 Å². The molecule has 3 N–H and O–H groups in total. The zero-order chi connectivity index (χ0) is 12.9. The van der Waals surface area contributed by atoms with Gasteiger partial charge in [-0.1, -0.05) is 26.2 Å². The molecule has 3 nitrogen and oxygen atoms in total. The Morgan fingerprint density at radius 2 is 1.88 bits per heavy atom. The van der Waals surface area contributed by atoms with Crippen molar-refractivity contribution < 1.29 is 4.79 Å². The molecule has 0 unspecified atom stereocenters. The molecule has 1 aliphatic carbocycles. The van der Waals surface area contributed by atoms with Crippen LogP contribution in [0.15, 0.2) is 0 Å². The summed E-state index contributed by atoms with van der Waals surface area (Å²) in [5, 5.41) is 3.07. The van der Waals surface area contributed by atoms with Gasteiger partial charge in [-0.05, 0) is 38.5 Å². The minimum atomic E-state index is -0.244. The summed E-state index contributed by atoms with van der Waals surface area (Å²) in [5.74, 6) is 0.148. The topological polar surface area (TPSA) is 55.1 Å². The molecule has 1 rings (SSSR count). The van der Waals surface area contributed by atoms with E-state index in [1.54, 1.807) is 0 Å². The van der Waals surface area contributed by atoms with Gasteiger partial charge in [-0.3, -0.25) is 4.79 Å². The van der Waals surface area contributed by atoms with Gasteiger partial charge in [-0.2, -0.15) is 0 Å². The molecule has 17 heavy (non-hydrogen) atoms. The lowest BCUT2D eigenvalue weighted by atomic mass is 9.76. The maximum Gasteiger partial charge on any atom is 0.220 e. The molecule has 0 heterocycles. The number of amides is 1. The fourth-order valence-electron chi connectivity index (χ4n) is 2.42. The lowest BCUT2D eigenvalue weighted by Crippen LogP contribution is -2.39. The van der Waals surface area contributed by atoms with Gasteiger partial charge in [0.15, 0.2) is 0 Å². The molecule has 0 aromatic rings. The van der Waals surface area contributed by atoms with Crippen LogP contribution in [0, 0.1) is 5.41 Å². The Balaban J connectivity index is 2.23. The van der Waals surface area contributed by atoms with Gasteiger partial charge in [0.25, 0.3) is 0 Å². The van der Waals surface area contributed by atoms with Crippen LogP contribution in [0.3, 0.4) is 0 Å². The maximum atomic E-state index is 11.7. The van der Waals surface area contributed by atoms with E-state index in [1.807, 2.05) is 13.8 Å². The third kappa shape index (κ3) is 6.06. The van der Waals surface area contributed by atoms with Crippen molar-refractivity contribution in [3.05, 3.63) is 0 Å². The Labute approximate surface area is 106 Å². The Morgan fingerprint density at radius 3 is 2.41 bits per heavy atom. The van der Waals surface area contributed by atoms with E-state index < -0.39 is 0 Å². The Hall–Kier alpha value is -0.570. The Bertz CT molecular complexity index is 249. The first-order valence-electron chi connectivity index (χ1n) is 6.86. The van der Waals surface area contributed by atoms with E-state index in [9.17, 15) is 4.79 Å². The molecule has 0 saturated heterocycles. The summed E-state index contributed by atoms with van der Waals surface area (Å²) in [4.78, 5) is 11.7. The van der Waals surface area contributed by atoms with Crippen molar-refractivity contribution in [2.75, 3.05) is 6.54 Å². The molecule has 3 heteroatoms. The molecule has 1 saturated carbocycles. The number of nitrogens with one attached hydrogen (secondary N) is 1. The first-order valence-corrected chi connectivity index (χ1v) is 6.86. The lowest BCUT2D eigenvalue weighted by molar-refractivity contribution is -0.122. The minimum Gasteiger partial charge on any atom is -0.356 e. The van der Waals surface area contributed by atoms with Crippen LogP contribution in [-0.4, -0.2) is 18.0 Å². The van der Waals surface area contributed by atoms with Crippen LogP contribution in [0.25, 0.3) is 0 Å². The molecule has 1 amide bonds. The zero-order valence-electron chi connectivity index (χ0n) is 11.6. The van der Waals surface area contributed by atoms with E-state index in [-0.39, 0.29) is 11.4 Å². The summed E-state index contributed by atoms with van der Waals surface area (Å²) in [5.41, 5.74) is 5.95. The van der Waals surface area contributed by atoms with Crippen molar-refractivity contribution in [3.8, 4) is 0 Å². The number of rotatable bonds is 5. The van der Waals surface area contributed by atoms with Crippen LogP contribution >= 0.6 is 0 Å². The summed E-state index contributed by atoms with van der Waals surface area (Å²) in [6, 6.07) is 0. The SMILES string of the molecule is CC(C)(N)CCC(=O)NCC1(C)CCCCC1. The van der Waals surface area contributed by atoms with Gasteiger partial charge in [-0.25, -0.2) is 0 Å². The summed E-state index contributed by atoms with van der Waals surface area (Å²) in [6.07, 6.45) is 7.75. The summed E-state index contributed by atoms with van der Waals surface area (Å²) in [6.45, 7) is 7.04. The number of carbonyl (C=O) groups excluding carboxylic acids is 1. The number of hydrogen-bond acceptors (Lipinski definition) is 2. The maximum absolute atomic E-state index is 11.7. The molecule has 0 atom stereocenters. The molecule has 1 fully saturated rings. The predicted octanol–water partition coefficient (Wildman–Crippen LogP) is 2.59. The van der Waals surface area contributed by atoms with Crippen molar-refractivity contribution in [2.45, 2.75) is 71.3 Å². The Kier molecular flexibility index (Phi) is 4.99. The van der Waals surface area contributed by atoms with Crippen LogP contribution in [0.2, 0.25) is 0 Å². The number of hydrogen-bond donors (Lipinski definition) is 2. The third-order valence-electron chi connectivity index (χ3n) is 3.77. The molecule has 0 bridgehead atoms. The van der Waals surface area contributed by atoms with Crippen LogP contribution in [-0.2, 0) is 4.79 Å². The van der Waals surface area contributed by atoms with Crippen molar-refractivity contribution in [2.24, 2.45) is 11.1 Å². The van der Waals surface area contributed by atoms with E-state index in [0.29, 0.717) is 11.8 Å². The van der Waals surface area contributed by atoms with Gasteiger partial charge in [0.05, 0.1) is 0 Å². The van der Waals surface area contributed by atoms with Crippen LogP contribution in [0.4, 0.5) is 0 Å². The highest BCUT2D eigenvalue weighted by molar-refractivity contribution is 5.75. The third-order valence-corrected chi connectivity index (χ3v) is 3.77. The molecule has 1 aliphatic rings. The summed E-state index contributed by atoms with van der Waals surface area (Å²) in [7, 11) is 0. The molecule has 0 aromatic heterocycles. The first kappa shape index (κ1) is 14.5. The summed E-state index contributed by atoms with van der Waals surface area (Å²) < 4.78 is 0. The van der Waals surface area contributed by atoms with Gasteiger partial charge in [0, 0.05) is 18.5 Å². The van der Waals surface area contributed by atoms with Gasteiger partial charge in [0.2, 0.25) is 5.91 Å². The standard InChI is InChI=1S/C14H28N2O/c1-13(2,15)10-7-12(17)16-11-14(3)8-5-4-6-9-14/h4-11,15H2,1-3H3,(H,16,17). The summed E-state index contributed by atoms with van der Waals surface area (Å²) >= 11 is 0. The highest BCUT2D eigenvalue weighted by atomic mass is 16.1. The largest absolute Gasteiger partial charge is 0.356 e. The number of carbonyl (C=O) groups is 1. The van der Waals surface area contributed by atoms with Crippen molar-refractivity contribution >= 4 is 5.91 Å². The highest BCUT2D eigenvalue weighted by Gasteiger charge is 2.27. The predicted molar refractivity (Wildman–Crippen MR) is 71.7 cm³/mol. The Morgan fingerprint density at radius 1 is 1.29 bits per heavy atom. The molecule has 100 valence electrons. The van der Waals surface area contributed by atoms with Gasteiger partial charge >= 0.3 is 0 Å². The second-order valence-electron chi connectivity index (χ2n) is 6.64. The van der Waals surface area contributed by atoms with Gasteiger partial charge < -0.3 is 11.1 Å².